The molecule has 1 aliphatic heterocycles. The summed E-state index contributed by atoms with van der Waals surface area (Å²) in [6, 6.07) is 0.0527. The van der Waals surface area contributed by atoms with Gasteiger partial charge in [0.05, 0.1) is 12.2 Å². The van der Waals surface area contributed by atoms with Crippen molar-refractivity contribution >= 4 is 11.3 Å². The Labute approximate surface area is 107 Å². The van der Waals surface area contributed by atoms with Crippen molar-refractivity contribution < 1.29 is 0 Å². The van der Waals surface area contributed by atoms with Gasteiger partial charge in [-0.15, -0.1) is 11.3 Å². The van der Waals surface area contributed by atoms with Gasteiger partial charge in [0.2, 0.25) is 0 Å². The average molecular weight is 254 g/mol. The number of likely N-dealkylation sites (N-methyl/N-ethyl adjacent to an activating group) is 1. The first-order valence-electron chi connectivity index (χ1n) is 6.33. The maximum absolute atomic E-state index is 5.82. The van der Waals surface area contributed by atoms with Crippen molar-refractivity contribution in [2.24, 2.45) is 5.73 Å². The van der Waals surface area contributed by atoms with Gasteiger partial charge >= 0.3 is 0 Å². The van der Waals surface area contributed by atoms with Crippen molar-refractivity contribution in [1.29, 1.82) is 0 Å². The molecule has 0 bridgehead atoms. The van der Waals surface area contributed by atoms with Crippen LogP contribution in [0.4, 0.5) is 0 Å². The van der Waals surface area contributed by atoms with Gasteiger partial charge in [-0.05, 0) is 13.5 Å². The maximum atomic E-state index is 5.82. The zero-order chi connectivity index (χ0) is 12.3. The summed E-state index contributed by atoms with van der Waals surface area (Å²) in [4.78, 5) is 9.56. The molecule has 1 aromatic heterocycles. The maximum Gasteiger partial charge on any atom is 0.107 e. The number of piperazine rings is 1. The number of hydrogen-bond donors (Lipinski definition) is 1. The third kappa shape index (κ3) is 3.48. The van der Waals surface area contributed by atoms with E-state index >= 15 is 0 Å². The highest BCUT2D eigenvalue weighted by atomic mass is 32.1. The molecule has 2 heterocycles. The van der Waals surface area contributed by atoms with Gasteiger partial charge in [0, 0.05) is 37.6 Å². The highest BCUT2D eigenvalue weighted by Crippen LogP contribution is 2.17. The van der Waals surface area contributed by atoms with Crippen molar-refractivity contribution in [3.63, 3.8) is 0 Å². The predicted molar refractivity (Wildman–Crippen MR) is 72.1 cm³/mol. The zero-order valence-corrected chi connectivity index (χ0v) is 11.5. The van der Waals surface area contributed by atoms with Crippen molar-refractivity contribution in [2.45, 2.75) is 26.4 Å². The van der Waals surface area contributed by atoms with Gasteiger partial charge in [0.15, 0.2) is 0 Å². The first-order valence-corrected chi connectivity index (χ1v) is 7.21. The molecule has 0 saturated carbocycles. The van der Waals surface area contributed by atoms with Crippen LogP contribution in [0.25, 0.3) is 0 Å². The Morgan fingerprint density at radius 1 is 1.35 bits per heavy atom. The van der Waals surface area contributed by atoms with Gasteiger partial charge in [0.1, 0.15) is 5.01 Å². The summed E-state index contributed by atoms with van der Waals surface area (Å²) in [6.07, 6.45) is 0. The van der Waals surface area contributed by atoms with Crippen LogP contribution < -0.4 is 5.73 Å². The number of nitrogens with zero attached hydrogens (tertiary/aromatic N) is 3. The minimum Gasteiger partial charge on any atom is -0.323 e. The van der Waals surface area contributed by atoms with Crippen LogP contribution in [0.3, 0.4) is 0 Å². The first kappa shape index (κ1) is 13.0. The van der Waals surface area contributed by atoms with Crippen molar-refractivity contribution in [3.8, 4) is 0 Å². The molecule has 0 spiro atoms. The zero-order valence-electron chi connectivity index (χ0n) is 10.7. The summed E-state index contributed by atoms with van der Waals surface area (Å²) in [5.74, 6) is 0. The van der Waals surface area contributed by atoms with E-state index in [1.54, 1.807) is 11.3 Å². The molecule has 4 nitrogen and oxygen atoms in total. The van der Waals surface area contributed by atoms with Gasteiger partial charge in [-0.3, -0.25) is 4.90 Å². The van der Waals surface area contributed by atoms with Crippen molar-refractivity contribution in [3.05, 3.63) is 16.1 Å². The average Bonchev–Trinajstić information content (AvgIpc) is 2.79. The molecule has 2 N–H and O–H groups in total. The fourth-order valence-electron chi connectivity index (χ4n) is 2.06. The minimum atomic E-state index is 0.0527. The molecule has 17 heavy (non-hydrogen) atoms. The monoisotopic (exact) mass is 254 g/mol. The summed E-state index contributed by atoms with van der Waals surface area (Å²) in [7, 11) is 0. The van der Waals surface area contributed by atoms with Crippen LogP contribution in [0.5, 0.6) is 0 Å². The second-order valence-electron chi connectivity index (χ2n) is 4.67. The summed E-state index contributed by atoms with van der Waals surface area (Å²) >= 11 is 1.73. The Kier molecular flexibility index (Phi) is 4.50. The van der Waals surface area contributed by atoms with Gasteiger partial charge in [0.25, 0.3) is 0 Å². The molecular weight excluding hydrogens is 232 g/mol. The second-order valence-corrected chi connectivity index (χ2v) is 5.61. The van der Waals surface area contributed by atoms with Gasteiger partial charge in [-0.2, -0.15) is 0 Å². The molecule has 0 radical (unpaired) electrons. The topological polar surface area (TPSA) is 45.4 Å². The van der Waals surface area contributed by atoms with E-state index < -0.39 is 0 Å². The Morgan fingerprint density at radius 2 is 2.00 bits per heavy atom. The van der Waals surface area contributed by atoms with E-state index in [9.17, 15) is 0 Å². The van der Waals surface area contributed by atoms with Crippen molar-refractivity contribution in [1.82, 2.24) is 14.8 Å². The third-order valence-corrected chi connectivity index (χ3v) is 4.16. The van der Waals surface area contributed by atoms with Crippen LogP contribution in [0.1, 0.15) is 30.6 Å². The standard InChI is InChI=1S/C12H22N4S/c1-3-15-4-6-16(7-5-15)8-12-14-11(9-17-12)10(2)13/h9-10H,3-8,13H2,1-2H3. The number of hydrogen-bond acceptors (Lipinski definition) is 5. The van der Waals surface area contributed by atoms with E-state index in [-0.39, 0.29) is 6.04 Å². The molecule has 2 rings (SSSR count). The highest BCUT2D eigenvalue weighted by Gasteiger charge is 2.17. The normalized spacial score (nSPS) is 20.6. The van der Waals surface area contributed by atoms with Crippen LogP contribution in [0.15, 0.2) is 5.38 Å². The molecule has 0 aliphatic carbocycles. The van der Waals surface area contributed by atoms with Crippen molar-refractivity contribution in [2.75, 3.05) is 32.7 Å². The van der Waals surface area contributed by atoms with Gasteiger partial charge in [-0.1, -0.05) is 6.92 Å². The molecule has 1 aliphatic rings. The Morgan fingerprint density at radius 3 is 2.53 bits per heavy atom. The molecule has 1 unspecified atom stereocenters. The van der Waals surface area contributed by atoms with Gasteiger partial charge in [-0.25, -0.2) is 4.98 Å². The summed E-state index contributed by atoms with van der Waals surface area (Å²) < 4.78 is 0. The van der Waals surface area contributed by atoms with Crippen LogP contribution in [0, 0.1) is 0 Å². The van der Waals surface area contributed by atoms with Crippen LogP contribution in [-0.4, -0.2) is 47.5 Å². The molecule has 1 fully saturated rings. The molecule has 1 aromatic rings. The molecule has 0 amide bonds. The summed E-state index contributed by atoms with van der Waals surface area (Å²) in [5.41, 5.74) is 6.85. The molecular formula is C12H22N4S. The largest absolute Gasteiger partial charge is 0.323 e. The lowest BCUT2D eigenvalue weighted by Crippen LogP contribution is -2.45. The number of thiazole rings is 1. The summed E-state index contributed by atoms with van der Waals surface area (Å²) in [6.45, 7) is 11.0. The lowest BCUT2D eigenvalue weighted by molar-refractivity contribution is 0.132. The Balaban J connectivity index is 1.84. The second kappa shape index (κ2) is 5.91. The number of nitrogens with two attached hydrogens (primary N) is 1. The molecule has 0 aromatic carbocycles. The predicted octanol–water partition coefficient (Wildman–Crippen LogP) is 1.30. The van der Waals surface area contributed by atoms with E-state index in [0.717, 1.165) is 25.3 Å². The summed E-state index contributed by atoms with van der Waals surface area (Å²) in [5, 5.41) is 3.28. The minimum absolute atomic E-state index is 0.0527. The van der Waals surface area contributed by atoms with E-state index in [0.29, 0.717) is 0 Å². The van der Waals surface area contributed by atoms with E-state index in [1.807, 2.05) is 6.92 Å². The number of aromatic nitrogens is 1. The van der Waals surface area contributed by atoms with Crippen LogP contribution in [0.2, 0.25) is 0 Å². The lowest BCUT2D eigenvalue weighted by Gasteiger charge is -2.33. The van der Waals surface area contributed by atoms with Gasteiger partial charge < -0.3 is 10.6 Å². The van der Waals surface area contributed by atoms with E-state index in [2.05, 4.69) is 27.1 Å². The fraction of sp³-hybridized carbons (Fsp3) is 0.750. The molecule has 1 saturated heterocycles. The fourth-order valence-corrected chi connectivity index (χ4v) is 3.00. The van der Waals surface area contributed by atoms with Crippen LogP contribution in [-0.2, 0) is 6.54 Å². The SMILES string of the molecule is CCN1CCN(Cc2nc(C(C)N)cs2)CC1. The molecule has 5 heteroatoms. The van der Waals surface area contributed by atoms with E-state index in [4.69, 9.17) is 5.73 Å². The third-order valence-electron chi connectivity index (χ3n) is 3.31. The van der Waals surface area contributed by atoms with E-state index in [1.165, 1.54) is 24.6 Å². The molecule has 96 valence electrons. The Hall–Kier alpha value is -0.490. The first-order chi connectivity index (χ1) is 8.19. The quantitative estimate of drug-likeness (QED) is 0.880. The lowest BCUT2D eigenvalue weighted by atomic mass is 10.3. The number of rotatable bonds is 4. The Bertz CT molecular complexity index is 342. The molecule has 1 atom stereocenters. The highest BCUT2D eigenvalue weighted by molar-refractivity contribution is 7.09. The van der Waals surface area contributed by atoms with Crippen LogP contribution >= 0.6 is 11.3 Å². The smallest absolute Gasteiger partial charge is 0.107 e.